The molecule has 1 aromatic carbocycles. The first-order valence-corrected chi connectivity index (χ1v) is 6.65. The fraction of sp³-hybridized carbons (Fsp3) is 0.467. The molecule has 1 amide bonds. The minimum absolute atomic E-state index is 0.00972. The summed E-state index contributed by atoms with van der Waals surface area (Å²) in [5.41, 5.74) is 1.24. The Balaban J connectivity index is 2.85. The number of phenols is 1. The lowest BCUT2D eigenvalue weighted by atomic mass is 10.1. The number of phenolic OH excluding ortho intramolecular Hbond substituents is 1. The summed E-state index contributed by atoms with van der Waals surface area (Å²) in [6.07, 6.45) is 0.474. The molecule has 0 spiro atoms. The number of carboxylic acids is 1. The van der Waals surface area contributed by atoms with Gasteiger partial charge in [0.25, 0.3) is 5.91 Å². The molecule has 2 N–H and O–H groups in total. The second kappa shape index (κ2) is 6.93. The number of aromatic hydroxyl groups is 1. The number of carbonyl (C=O) groups excluding carboxylic acids is 1. The summed E-state index contributed by atoms with van der Waals surface area (Å²) in [5.74, 6) is -0.870. The van der Waals surface area contributed by atoms with E-state index in [1.165, 1.54) is 6.07 Å². The number of carboxylic acid groups (broad SMARTS) is 1. The number of benzene rings is 1. The van der Waals surface area contributed by atoms with Crippen LogP contribution < -0.4 is 0 Å². The van der Waals surface area contributed by atoms with Gasteiger partial charge < -0.3 is 15.1 Å². The minimum Gasteiger partial charge on any atom is -0.508 e. The standard InChI is InChI=1S/C15H21NO4/c1-10(2)16(8-4-5-14(18)19)15(20)13-7-6-12(17)9-11(13)3/h6-7,9-10,17H,4-5,8H2,1-3H3,(H,18,19). The summed E-state index contributed by atoms with van der Waals surface area (Å²) >= 11 is 0. The molecule has 0 saturated heterocycles. The van der Waals surface area contributed by atoms with E-state index < -0.39 is 5.97 Å². The summed E-state index contributed by atoms with van der Waals surface area (Å²) in [7, 11) is 0. The Bertz CT molecular complexity index is 497. The van der Waals surface area contributed by atoms with Crippen LogP contribution in [0, 0.1) is 6.92 Å². The lowest BCUT2D eigenvalue weighted by Crippen LogP contribution is -2.38. The van der Waals surface area contributed by atoms with Gasteiger partial charge in [-0.3, -0.25) is 9.59 Å². The topological polar surface area (TPSA) is 77.8 Å². The van der Waals surface area contributed by atoms with Crippen LogP contribution in [0.5, 0.6) is 5.75 Å². The van der Waals surface area contributed by atoms with Gasteiger partial charge in [0, 0.05) is 24.6 Å². The van der Waals surface area contributed by atoms with E-state index in [-0.39, 0.29) is 24.1 Å². The lowest BCUT2D eigenvalue weighted by Gasteiger charge is -2.27. The van der Waals surface area contributed by atoms with Gasteiger partial charge in [0.2, 0.25) is 0 Å². The molecule has 1 aromatic rings. The Labute approximate surface area is 118 Å². The van der Waals surface area contributed by atoms with Gasteiger partial charge in [0.15, 0.2) is 0 Å². The zero-order chi connectivity index (χ0) is 15.3. The molecule has 0 unspecified atom stereocenters. The molecule has 0 saturated carbocycles. The summed E-state index contributed by atoms with van der Waals surface area (Å²) in [6, 6.07) is 4.61. The molecule has 0 aromatic heterocycles. The van der Waals surface area contributed by atoms with Crippen LogP contribution in [0.1, 0.15) is 42.6 Å². The van der Waals surface area contributed by atoms with Crippen molar-refractivity contribution in [3.63, 3.8) is 0 Å². The Morgan fingerprint density at radius 1 is 1.30 bits per heavy atom. The maximum Gasteiger partial charge on any atom is 0.303 e. The molecule has 5 heteroatoms. The largest absolute Gasteiger partial charge is 0.508 e. The molecule has 0 heterocycles. The average molecular weight is 279 g/mol. The number of nitrogens with zero attached hydrogens (tertiary/aromatic N) is 1. The van der Waals surface area contributed by atoms with Crippen molar-refractivity contribution >= 4 is 11.9 Å². The van der Waals surface area contributed by atoms with Crippen molar-refractivity contribution in [3.05, 3.63) is 29.3 Å². The monoisotopic (exact) mass is 279 g/mol. The van der Waals surface area contributed by atoms with Crippen molar-refractivity contribution in [2.24, 2.45) is 0 Å². The van der Waals surface area contributed by atoms with Gasteiger partial charge in [0.05, 0.1) is 0 Å². The molecule has 110 valence electrons. The van der Waals surface area contributed by atoms with Crippen LogP contribution in [0.4, 0.5) is 0 Å². The van der Waals surface area contributed by atoms with Crippen LogP contribution in [0.15, 0.2) is 18.2 Å². The maximum atomic E-state index is 12.5. The van der Waals surface area contributed by atoms with Gasteiger partial charge in [-0.15, -0.1) is 0 Å². The van der Waals surface area contributed by atoms with Gasteiger partial charge >= 0.3 is 5.97 Å². The fourth-order valence-corrected chi connectivity index (χ4v) is 2.04. The van der Waals surface area contributed by atoms with E-state index in [0.29, 0.717) is 24.1 Å². The van der Waals surface area contributed by atoms with Crippen molar-refractivity contribution in [1.82, 2.24) is 4.90 Å². The first-order valence-electron chi connectivity index (χ1n) is 6.65. The SMILES string of the molecule is Cc1cc(O)ccc1C(=O)N(CCCC(=O)O)C(C)C. The second-order valence-corrected chi connectivity index (χ2v) is 5.09. The van der Waals surface area contributed by atoms with E-state index in [2.05, 4.69) is 0 Å². The van der Waals surface area contributed by atoms with Crippen molar-refractivity contribution in [1.29, 1.82) is 0 Å². The van der Waals surface area contributed by atoms with E-state index in [1.54, 1.807) is 24.0 Å². The number of amides is 1. The Morgan fingerprint density at radius 2 is 1.95 bits per heavy atom. The van der Waals surface area contributed by atoms with E-state index in [0.717, 1.165) is 0 Å². The zero-order valence-corrected chi connectivity index (χ0v) is 12.1. The van der Waals surface area contributed by atoms with E-state index >= 15 is 0 Å². The van der Waals surface area contributed by atoms with E-state index in [9.17, 15) is 14.7 Å². The number of hydrogen-bond acceptors (Lipinski definition) is 3. The third kappa shape index (κ3) is 4.26. The first-order chi connectivity index (χ1) is 9.32. The van der Waals surface area contributed by atoms with Gasteiger partial charge in [-0.1, -0.05) is 0 Å². The number of aryl methyl sites for hydroxylation is 1. The number of rotatable bonds is 6. The van der Waals surface area contributed by atoms with Crippen LogP contribution in [0.2, 0.25) is 0 Å². The van der Waals surface area contributed by atoms with Gasteiger partial charge in [-0.2, -0.15) is 0 Å². The van der Waals surface area contributed by atoms with Crippen molar-refractivity contribution < 1.29 is 19.8 Å². The first kappa shape index (κ1) is 16.0. The van der Waals surface area contributed by atoms with Gasteiger partial charge in [0.1, 0.15) is 5.75 Å². The predicted octanol–water partition coefficient (Wildman–Crippen LogP) is 2.42. The lowest BCUT2D eigenvalue weighted by molar-refractivity contribution is -0.137. The number of carbonyl (C=O) groups is 2. The number of hydrogen-bond donors (Lipinski definition) is 2. The van der Waals surface area contributed by atoms with Gasteiger partial charge in [-0.05, 0) is 51.0 Å². The Kier molecular flexibility index (Phi) is 5.55. The Morgan fingerprint density at radius 3 is 2.45 bits per heavy atom. The molecule has 5 nitrogen and oxygen atoms in total. The molecule has 1 rings (SSSR count). The van der Waals surface area contributed by atoms with Crippen molar-refractivity contribution in [2.45, 2.75) is 39.7 Å². The van der Waals surface area contributed by atoms with Crippen LogP contribution in [0.25, 0.3) is 0 Å². The smallest absolute Gasteiger partial charge is 0.303 e. The van der Waals surface area contributed by atoms with Crippen LogP contribution >= 0.6 is 0 Å². The molecule has 0 fully saturated rings. The minimum atomic E-state index is -0.859. The van der Waals surface area contributed by atoms with Crippen LogP contribution in [-0.2, 0) is 4.79 Å². The summed E-state index contributed by atoms with van der Waals surface area (Å²) in [5, 5.41) is 18.0. The van der Waals surface area contributed by atoms with E-state index in [4.69, 9.17) is 5.11 Å². The highest BCUT2D eigenvalue weighted by Crippen LogP contribution is 2.18. The highest BCUT2D eigenvalue weighted by molar-refractivity contribution is 5.96. The average Bonchev–Trinajstić information content (AvgIpc) is 2.33. The van der Waals surface area contributed by atoms with Crippen molar-refractivity contribution in [2.75, 3.05) is 6.54 Å². The summed E-state index contributed by atoms with van der Waals surface area (Å²) < 4.78 is 0. The van der Waals surface area contributed by atoms with Crippen LogP contribution in [-0.4, -0.2) is 39.6 Å². The third-order valence-corrected chi connectivity index (χ3v) is 3.11. The summed E-state index contributed by atoms with van der Waals surface area (Å²) in [4.78, 5) is 24.7. The molecule has 0 atom stereocenters. The quantitative estimate of drug-likeness (QED) is 0.838. The molecule has 0 aliphatic carbocycles. The molecule has 20 heavy (non-hydrogen) atoms. The van der Waals surface area contributed by atoms with Gasteiger partial charge in [-0.25, -0.2) is 0 Å². The number of aliphatic carboxylic acids is 1. The zero-order valence-electron chi connectivity index (χ0n) is 12.1. The molecule has 0 radical (unpaired) electrons. The third-order valence-electron chi connectivity index (χ3n) is 3.11. The van der Waals surface area contributed by atoms with E-state index in [1.807, 2.05) is 13.8 Å². The molecular formula is C15H21NO4. The molecule has 0 bridgehead atoms. The molecule has 0 aliphatic heterocycles. The molecule has 0 aliphatic rings. The van der Waals surface area contributed by atoms with Crippen molar-refractivity contribution in [3.8, 4) is 5.75 Å². The maximum absolute atomic E-state index is 12.5. The fourth-order valence-electron chi connectivity index (χ4n) is 2.04. The normalized spacial score (nSPS) is 10.6. The predicted molar refractivity (Wildman–Crippen MR) is 75.9 cm³/mol. The highest BCUT2D eigenvalue weighted by Gasteiger charge is 2.20. The Hall–Kier alpha value is -2.04. The molecular weight excluding hydrogens is 258 g/mol. The second-order valence-electron chi connectivity index (χ2n) is 5.09. The summed E-state index contributed by atoms with van der Waals surface area (Å²) in [6.45, 7) is 5.97. The highest BCUT2D eigenvalue weighted by atomic mass is 16.4. The van der Waals surface area contributed by atoms with Crippen LogP contribution in [0.3, 0.4) is 0 Å².